The summed E-state index contributed by atoms with van der Waals surface area (Å²) in [5, 5.41) is 1.35. The quantitative estimate of drug-likeness (QED) is 0.147. The minimum Gasteiger partial charge on any atom is -0.311 e. The Labute approximate surface area is 388 Å². The molecule has 0 fully saturated rings. The first kappa shape index (κ1) is 42.9. The molecule has 0 atom stereocenters. The molecule has 10 rings (SSSR count). The number of benzene rings is 6. The van der Waals surface area contributed by atoms with Crippen LogP contribution in [0.3, 0.4) is 0 Å². The summed E-state index contributed by atoms with van der Waals surface area (Å²) in [5.41, 5.74) is 22.0. The minimum absolute atomic E-state index is 0.00635. The van der Waals surface area contributed by atoms with Crippen LogP contribution in [0.4, 0.5) is 34.1 Å². The molecule has 0 N–H and O–H groups in total. The van der Waals surface area contributed by atoms with Crippen molar-refractivity contribution in [3.05, 3.63) is 149 Å². The van der Waals surface area contributed by atoms with Gasteiger partial charge < -0.3 is 9.80 Å². The molecule has 1 aromatic heterocycles. The molecule has 6 aromatic carbocycles. The van der Waals surface area contributed by atoms with Gasteiger partial charge in [0.1, 0.15) is 0 Å². The third kappa shape index (κ3) is 6.88. The zero-order valence-electron chi connectivity index (χ0n) is 40.6. The van der Waals surface area contributed by atoms with Crippen LogP contribution in [0.2, 0.25) is 0 Å². The standard InChI is InChI=1S/C60H67BN2S/c1-13-59(9,10)39-25-30-43(31-26-39)62-51-23-18-24-52-54(51)61(56-55(62)47-36-41(58(6,7)8)29-34-53(47)64-56)48-37-42(60(11,12)14-2)28-33-50(48)63(52)49-32-27-40(57(3,4)5)35-46(49)45-22-17-20-38-19-15-16-21-44(38)45/h17-18,20,22-37H,13-16,19,21H2,1-12H3. The fraction of sp³-hybridized carbons (Fsp3) is 0.367. The summed E-state index contributed by atoms with van der Waals surface area (Å²) in [4.78, 5) is 5.30. The van der Waals surface area contributed by atoms with Crippen LogP contribution in [0.5, 0.6) is 0 Å². The molecule has 0 saturated heterocycles. The van der Waals surface area contributed by atoms with E-state index in [1.807, 2.05) is 11.3 Å². The largest absolute Gasteiger partial charge is 0.311 e. The number of nitrogens with zero attached hydrogens (tertiary/aromatic N) is 2. The molecule has 0 radical (unpaired) electrons. The number of fused-ring (bicyclic) bond motifs is 7. The van der Waals surface area contributed by atoms with E-state index in [2.05, 4.69) is 208 Å². The molecule has 326 valence electrons. The fourth-order valence-electron chi connectivity index (χ4n) is 10.8. The van der Waals surface area contributed by atoms with E-state index in [0.717, 1.165) is 25.7 Å². The molecule has 2 nitrogen and oxygen atoms in total. The van der Waals surface area contributed by atoms with Crippen molar-refractivity contribution in [3.8, 4) is 11.1 Å². The van der Waals surface area contributed by atoms with Crippen LogP contribution in [-0.2, 0) is 34.5 Å². The zero-order chi connectivity index (χ0) is 45.1. The Bertz CT molecular complexity index is 2950. The van der Waals surface area contributed by atoms with E-state index >= 15 is 0 Å². The summed E-state index contributed by atoms with van der Waals surface area (Å²) < 4.78 is 2.79. The highest BCUT2D eigenvalue weighted by atomic mass is 32.1. The third-order valence-corrected chi connectivity index (χ3v) is 16.9. The average molecular weight is 859 g/mol. The first-order chi connectivity index (χ1) is 30.4. The Morgan fingerprint density at radius 1 is 0.531 bits per heavy atom. The smallest absolute Gasteiger partial charge is 0.264 e. The highest BCUT2D eigenvalue weighted by Crippen LogP contribution is 2.51. The SMILES string of the molecule is CCC(C)(C)c1ccc(N2c3cccc4c3B(c3cc(C(C)(C)CC)ccc3N4c3ccc(C(C)(C)C)cc3-c3cccc4c3CCCC4)c3sc4ccc(C(C)(C)C)cc4c32)cc1. The Hall–Kier alpha value is -5.06. The Morgan fingerprint density at radius 3 is 1.83 bits per heavy atom. The summed E-state index contributed by atoms with van der Waals surface area (Å²) in [6, 6.07) is 46.1. The van der Waals surface area contributed by atoms with Gasteiger partial charge in [-0.2, -0.15) is 0 Å². The van der Waals surface area contributed by atoms with Gasteiger partial charge in [0.2, 0.25) is 0 Å². The van der Waals surface area contributed by atoms with E-state index < -0.39 is 0 Å². The average Bonchev–Trinajstić information content (AvgIpc) is 3.66. The van der Waals surface area contributed by atoms with Crippen LogP contribution in [0.25, 0.3) is 21.2 Å². The lowest BCUT2D eigenvalue weighted by atomic mass is 9.36. The van der Waals surface area contributed by atoms with E-state index in [4.69, 9.17) is 0 Å². The third-order valence-electron chi connectivity index (χ3n) is 15.7. The first-order valence-corrected chi connectivity index (χ1v) is 25.0. The van der Waals surface area contributed by atoms with Crippen LogP contribution < -0.4 is 25.5 Å². The topological polar surface area (TPSA) is 6.48 Å². The van der Waals surface area contributed by atoms with Gasteiger partial charge >= 0.3 is 0 Å². The van der Waals surface area contributed by atoms with Crippen LogP contribution in [0.1, 0.15) is 142 Å². The van der Waals surface area contributed by atoms with Gasteiger partial charge in [0.15, 0.2) is 0 Å². The molecule has 3 aliphatic rings. The van der Waals surface area contributed by atoms with Gasteiger partial charge in [0, 0.05) is 43.2 Å². The summed E-state index contributed by atoms with van der Waals surface area (Å²) in [6.45, 7) is 28.4. The molecule has 4 heteroatoms. The summed E-state index contributed by atoms with van der Waals surface area (Å²) in [6.07, 6.45) is 6.98. The van der Waals surface area contributed by atoms with E-state index in [1.54, 1.807) is 0 Å². The molecule has 0 saturated carbocycles. The van der Waals surface area contributed by atoms with Gasteiger partial charge in [-0.1, -0.05) is 144 Å². The van der Waals surface area contributed by atoms with Crippen LogP contribution in [0.15, 0.2) is 115 Å². The zero-order valence-corrected chi connectivity index (χ0v) is 41.4. The van der Waals surface area contributed by atoms with E-state index in [-0.39, 0.29) is 28.4 Å². The van der Waals surface area contributed by atoms with Crippen molar-refractivity contribution in [2.45, 2.75) is 143 Å². The molecule has 0 unspecified atom stereocenters. The molecule has 0 spiro atoms. The Balaban J connectivity index is 1.30. The van der Waals surface area contributed by atoms with Crippen molar-refractivity contribution in [1.29, 1.82) is 0 Å². The molecule has 2 aliphatic heterocycles. The minimum atomic E-state index is 0.00635. The highest BCUT2D eigenvalue weighted by molar-refractivity contribution is 7.33. The summed E-state index contributed by atoms with van der Waals surface area (Å²) in [7, 11) is 0. The van der Waals surface area contributed by atoms with Crippen LogP contribution in [-0.4, -0.2) is 6.71 Å². The van der Waals surface area contributed by atoms with E-state index in [0.29, 0.717) is 0 Å². The molecule has 0 bridgehead atoms. The Kier molecular flexibility index (Phi) is 10.2. The molecular formula is C60H67BN2S. The van der Waals surface area contributed by atoms with Crippen molar-refractivity contribution in [2.24, 2.45) is 0 Å². The van der Waals surface area contributed by atoms with Crippen LogP contribution >= 0.6 is 11.3 Å². The number of aryl methyl sites for hydroxylation is 1. The van der Waals surface area contributed by atoms with Crippen molar-refractivity contribution in [1.82, 2.24) is 0 Å². The van der Waals surface area contributed by atoms with Gasteiger partial charge in [-0.3, -0.25) is 0 Å². The van der Waals surface area contributed by atoms with Gasteiger partial charge in [-0.15, -0.1) is 11.3 Å². The predicted octanol–water partition coefficient (Wildman–Crippen LogP) is 15.5. The fourth-order valence-corrected chi connectivity index (χ4v) is 12.1. The van der Waals surface area contributed by atoms with Crippen LogP contribution in [0, 0.1) is 0 Å². The second-order valence-electron chi connectivity index (χ2n) is 22.5. The molecular weight excluding hydrogens is 792 g/mol. The molecule has 64 heavy (non-hydrogen) atoms. The maximum atomic E-state index is 2.67. The first-order valence-electron chi connectivity index (χ1n) is 24.2. The van der Waals surface area contributed by atoms with Gasteiger partial charge in [-0.05, 0) is 165 Å². The molecule has 0 amide bonds. The number of thiophene rings is 1. The monoisotopic (exact) mass is 859 g/mol. The van der Waals surface area contributed by atoms with Crippen molar-refractivity contribution in [3.63, 3.8) is 0 Å². The second kappa shape index (κ2) is 15.3. The number of anilines is 6. The lowest BCUT2D eigenvalue weighted by Gasteiger charge is -2.44. The maximum Gasteiger partial charge on any atom is 0.264 e. The van der Waals surface area contributed by atoms with Gasteiger partial charge in [0.05, 0.1) is 11.4 Å². The molecule has 1 aliphatic carbocycles. The van der Waals surface area contributed by atoms with E-state index in [1.165, 1.54) is 117 Å². The van der Waals surface area contributed by atoms with Gasteiger partial charge in [0.25, 0.3) is 6.71 Å². The number of hydrogen-bond donors (Lipinski definition) is 0. The highest BCUT2D eigenvalue weighted by Gasteiger charge is 2.46. The number of rotatable bonds is 7. The lowest BCUT2D eigenvalue weighted by molar-refractivity contribution is 0.506. The van der Waals surface area contributed by atoms with Crippen molar-refractivity contribution < 1.29 is 0 Å². The van der Waals surface area contributed by atoms with Gasteiger partial charge in [-0.25, -0.2) is 0 Å². The normalized spacial score (nSPS) is 15.0. The van der Waals surface area contributed by atoms with Crippen molar-refractivity contribution in [2.75, 3.05) is 9.80 Å². The molecule has 3 heterocycles. The summed E-state index contributed by atoms with van der Waals surface area (Å²) >= 11 is 2.01. The molecule has 7 aromatic rings. The Morgan fingerprint density at radius 2 is 1.12 bits per heavy atom. The van der Waals surface area contributed by atoms with Crippen molar-refractivity contribution >= 4 is 78.0 Å². The second-order valence-corrected chi connectivity index (χ2v) is 23.6. The number of hydrogen-bond acceptors (Lipinski definition) is 3. The predicted molar refractivity (Wildman–Crippen MR) is 282 cm³/mol. The summed E-state index contributed by atoms with van der Waals surface area (Å²) in [5.74, 6) is 0. The maximum absolute atomic E-state index is 2.67. The van der Waals surface area contributed by atoms with E-state index in [9.17, 15) is 0 Å². The lowest BCUT2D eigenvalue weighted by Crippen LogP contribution is -2.60.